The van der Waals surface area contributed by atoms with Crippen molar-refractivity contribution in [2.75, 3.05) is 11.1 Å². The van der Waals surface area contributed by atoms with Gasteiger partial charge in [0.25, 0.3) is 0 Å². The Morgan fingerprint density at radius 3 is 3.00 bits per heavy atom. The molecule has 0 bridgehead atoms. The second-order valence-electron chi connectivity index (χ2n) is 2.35. The van der Waals surface area contributed by atoms with Crippen molar-refractivity contribution in [1.82, 2.24) is 9.97 Å². The fourth-order valence-corrected chi connectivity index (χ4v) is 1.23. The van der Waals surface area contributed by atoms with Crippen molar-refractivity contribution >= 4 is 39.4 Å². The number of nitrogen functional groups attached to an aromatic ring is 1. The maximum absolute atomic E-state index is 5.79. The number of nitrogens with two attached hydrogens (primary N) is 1. The topological polar surface area (TPSA) is 51.8 Å². The van der Waals surface area contributed by atoms with Crippen LogP contribution >= 0.6 is 27.5 Å². The monoisotopic (exact) mass is 261 g/mol. The van der Waals surface area contributed by atoms with Gasteiger partial charge in [-0.3, -0.25) is 0 Å². The lowest BCUT2D eigenvalue weighted by Crippen LogP contribution is -1.94. The molecule has 3 nitrogen and oxygen atoms in total. The summed E-state index contributed by atoms with van der Waals surface area (Å²) in [4.78, 5) is 7.90. The van der Waals surface area contributed by atoms with Crippen LogP contribution in [0.5, 0.6) is 0 Å². The smallest absolute Gasteiger partial charge is 0.157 e. The molecule has 2 N–H and O–H groups in total. The maximum Gasteiger partial charge on any atom is 0.157 e. The number of hydrogen-bond acceptors (Lipinski definition) is 3. The summed E-state index contributed by atoms with van der Waals surface area (Å²) in [7, 11) is 0. The van der Waals surface area contributed by atoms with Crippen LogP contribution in [0.1, 0.15) is 12.1 Å². The molecule has 5 heteroatoms. The molecule has 0 amide bonds. The second kappa shape index (κ2) is 5.19. The molecule has 0 saturated carbocycles. The van der Waals surface area contributed by atoms with Gasteiger partial charge in [0.05, 0.1) is 6.20 Å². The van der Waals surface area contributed by atoms with Crippen molar-refractivity contribution in [1.29, 1.82) is 0 Å². The summed E-state index contributed by atoms with van der Waals surface area (Å²) in [5, 5.41) is 1.26. The third-order valence-corrected chi connectivity index (χ3v) is 2.06. The van der Waals surface area contributed by atoms with Crippen LogP contribution in [-0.4, -0.2) is 15.3 Å². The Bertz CT molecular complexity index is 314. The lowest BCUT2D eigenvalue weighted by atomic mass is 10.3. The fraction of sp³-hybridized carbons (Fsp3) is 0.250. The van der Waals surface area contributed by atoms with Gasteiger partial charge in [-0.05, 0) is 12.5 Å². The average molecular weight is 263 g/mol. The highest BCUT2D eigenvalue weighted by molar-refractivity contribution is 9.09. The van der Waals surface area contributed by atoms with Crippen LogP contribution in [0.3, 0.4) is 0 Å². The van der Waals surface area contributed by atoms with Crippen molar-refractivity contribution < 1.29 is 0 Å². The number of rotatable bonds is 3. The zero-order valence-corrected chi connectivity index (χ0v) is 9.22. The quantitative estimate of drug-likeness (QED) is 0.852. The molecule has 0 aliphatic rings. The molecular weight excluding hydrogens is 253 g/mol. The van der Waals surface area contributed by atoms with Crippen LogP contribution in [-0.2, 0) is 0 Å². The van der Waals surface area contributed by atoms with E-state index in [4.69, 9.17) is 17.3 Å². The lowest BCUT2D eigenvalue weighted by molar-refractivity contribution is 1.18. The van der Waals surface area contributed by atoms with Crippen LogP contribution in [0.4, 0.5) is 5.82 Å². The molecule has 13 heavy (non-hydrogen) atoms. The minimum atomic E-state index is 0.336. The fourth-order valence-electron chi connectivity index (χ4n) is 0.758. The minimum absolute atomic E-state index is 0.336. The Morgan fingerprint density at radius 1 is 1.62 bits per heavy atom. The van der Waals surface area contributed by atoms with Gasteiger partial charge >= 0.3 is 0 Å². The summed E-state index contributed by atoms with van der Waals surface area (Å²) < 4.78 is 0. The molecule has 1 aromatic rings. The molecule has 0 fully saturated rings. The summed E-state index contributed by atoms with van der Waals surface area (Å²) in [6.07, 6.45) is 6.22. The predicted molar refractivity (Wildman–Crippen MR) is 58.9 cm³/mol. The van der Waals surface area contributed by atoms with Gasteiger partial charge < -0.3 is 5.73 Å². The first kappa shape index (κ1) is 10.5. The molecule has 0 atom stereocenters. The van der Waals surface area contributed by atoms with E-state index in [1.165, 1.54) is 6.20 Å². The van der Waals surface area contributed by atoms with Crippen molar-refractivity contribution in [2.45, 2.75) is 6.42 Å². The number of aromatic nitrogens is 2. The van der Waals surface area contributed by atoms with Crippen molar-refractivity contribution in [3.05, 3.63) is 23.1 Å². The van der Waals surface area contributed by atoms with Gasteiger partial charge in [0, 0.05) is 5.33 Å². The molecular formula is C8H9BrClN3. The molecule has 0 unspecified atom stereocenters. The normalized spacial score (nSPS) is 10.9. The standard InChI is InChI=1S/C8H9BrClN3/c9-4-2-1-3-6-8(10)13-7(11)5-12-6/h1,3,5H,2,4H2,(H2,11,13). The molecule has 0 aromatic carbocycles. The van der Waals surface area contributed by atoms with Crippen molar-refractivity contribution in [3.8, 4) is 0 Å². The first-order valence-corrected chi connectivity index (χ1v) is 5.24. The molecule has 0 aliphatic carbocycles. The summed E-state index contributed by atoms with van der Waals surface area (Å²) in [5.41, 5.74) is 6.04. The van der Waals surface area contributed by atoms with Crippen LogP contribution in [0, 0.1) is 0 Å². The van der Waals surface area contributed by atoms with Crippen LogP contribution < -0.4 is 5.73 Å². The summed E-state index contributed by atoms with van der Waals surface area (Å²) in [6.45, 7) is 0. The second-order valence-corrected chi connectivity index (χ2v) is 3.50. The Labute approximate surface area is 90.2 Å². The molecule has 70 valence electrons. The Balaban J connectivity index is 2.77. The van der Waals surface area contributed by atoms with E-state index >= 15 is 0 Å². The molecule has 0 spiro atoms. The molecule has 1 heterocycles. The van der Waals surface area contributed by atoms with Crippen LogP contribution in [0.15, 0.2) is 12.3 Å². The predicted octanol–water partition coefficient (Wildman–Crippen LogP) is 2.51. The largest absolute Gasteiger partial charge is 0.382 e. The number of halogens is 2. The summed E-state index contributed by atoms with van der Waals surface area (Å²) in [6, 6.07) is 0. The summed E-state index contributed by atoms with van der Waals surface area (Å²) >= 11 is 9.10. The molecule has 1 aromatic heterocycles. The summed E-state index contributed by atoms with van der Waals surface area (Å²) in [5.74, 6) is 0.336. The SMILES string of the molecule is Nc1cnc(C=CCCBr)c(Cl)n1. The first-order valence-electron chi connectivity index (χ1n) is 3.74. The highest BCUT2D eigenvalue weighted by Gasteiger charge is 1.98. The molecule has 0 saturated heterocycles. The van der Waals surface area contributed by atoms with E-state index in [0.717, 1.165) is 11.8 Å². The van der Waals surface area contributed by atoms with Gasteiger partial charge in [-0.2, -0.15) is 0 Å². The third kappa shape index (κ3) is 3.32. The van der Waals surface area contributed by atoms with E-state index in [2.05, 4.69) is 25.9 Å². The van der Waals surface area contributed by atoms with Gasteiger partial charge in [0.1, 0.15) is 11.5 Å². The van der Waals surface area contributed by atoms with Gasteiger partial charge in [-0.25, -0.2) is 9.97 Å². The van der Waals surface area contributed by atoms with E-state index in [1.54, 1.807) is 0 Å². The van der Waals surface area contributed by atoms with Gasteiger partial charge in [-0.1, -0.05) is 33.6 Å². The zero-order valence-electron chi connectivity index (χ0n) is 6.87. The van der Waals surface area contributed by atoms with Gasteiger partial charge in [0.15, 0.2) is 5.15 Å². The number of allylic oxidation sites excluding steroid dienone is 1. The third-order valence-electron chi connectivity index (χ3n) is 1.33. The lowest BCUT2D eigenvalue weighted by Gasteiger charge is -1.96. The molecule has 1 rings (SSSR count). The van der Waals surface area contributed by atoms with Crippen molar-refractivity contribution in [3.63, 3.8) is 0 Å². The molecule has 0 aliphatic heterocycles. The number of alkyl halides is 1. The first-order chi connectivity index (χ1) is 6.24. The highest BCUT2D eigenvalue weighted by Crippen LogP contribution is 2.13. The van der Waals surface area contributed by atoms with E-state index in [0.29, 0.717) is 16.7 Å². The zero-order chi connectivity index (χ0) is 9.68. The van der Waals surface area contributed by atoms with Gasteiger partial charge in [-0.15, -0.1) is 0 Å². The molecule has 0 radical (unpaired) electrons. The average Bonchev–Trinajstić information content (AvgIpc) is 2.09. The van der Waals surface area contributed by atoms with Crippen molar-refractivity contribution in [2.24, 2.45) is 0 Å². The van der Waals surface area contributed by atoms with E-state index in [-0.39, 0.29) is 0 Å². The van der Waals surface area contributed by atoms with E-state index < -0.39 is 0 Å². The number of anilines is 1. The maximum atomic E-state index is 5.79. The Hall–Kier alpha value is -0.610. The van der Waals surface area contributed by atoms with Crippen LogP contribution in [0.25, 0.3) is 6.08 Å². The number of hydrogen-bond donors (Lipinski definition) is 1. The van der Waals surface area contributed by atoms with E-state index in [9.17, 15) is 0 Å². The highest BCUT2D eigenvalue weighted by atomic mass is 79.9. The Kier molecular flexibility index (Phi) is 4.18. The van der Waals surface area contributed by atoms with Crippen LogP contribution in [0.2, 0.25) is 5.15 Å². The van der Waals surface area contributed by atoms with Gasteiger partial charge in [0.2, 0.25) is 0 Å². The Morgan fingerprint density at radius 2 is 2.38 bits per heavy atom. The van der Waals surface area contributed by atoms with E-state index in [1.807, 2.05) is 12.2 Å². The minimum Gasteiger partial charge on any atom is -0.382 e. The number of nitrogens with zero attached hydrogens (tertiary/aromatic N) is 2.